The number of benzene rings is 2. The lowest BCUT2D eigenvalue weighted by Crippen LogP contribution is -2.17. The van der Waals surface area contributed by atoms with Crippen molar-refractivity contribution < 1.29 is 14.3 Å². The third-order valence-electron chi connectivity index (χ3n) is 4.44. The van der Waals surface area contributed by atoms with Gasteiger partial charge >= 0.3 is 0 Å². The molecule has 2 rings (SSSR count). The monoisotopic (exact) mass is 396 g/mol. The zero-order valence-electron chi connectivity index (χ0n) is 17.5. The fourth-order valence-electron chi connectivity index (χ4n) is 2.88. The van der Waals surface area contributed by atoms with Crippen molar-refractivity contribution in [1.82, 2.24) is 5.43 Å². The molecule has 0 aromatic heterocycles. The third kappa shape index (κ3) is 8.38. The van der Waals surface area contributed by atoms with Crippen molar-refractivity contribution in [1.29, 1.82) is 0 Å². The summed E-state index contributed by atoms with van der Waals surface area (Å²) < 4.78 is 11.6. The summed E-state index contributed by atoms with van der Waals surface area (Å²) in [6, 6.07) is 14.7. The second-order valence-corrected chi connectivity index (χ2v) is 6.82. The highest BCUT2D eigenvalue weighted by molar-refractivity contribution is 5.94. The average molecular weight is 397 g/mol. The van der Waals surface area contributed by atoms with Crippen molar-refractivity contribution in [2.75, 3.05) is 13.2 Å². The average Bonchev–Trinajstić information content (AvgIpc) is 2.75. The maximum Gasteiger partial charge on any atom is 0.271 e. The van der Waals surface area contributed by atoms with Gasteiger partial charge in [-0.2, -0.15) is 5.10 Å². The number of nitrogens with one attached hydrogen (secondary N) is 1. The molecule has 0 aliphatic heterocycles. The Bertz CT molecular complexity index is 760. The molecular weight excluding hydrogens is 364 g/mol. The molecule has 0 radical (unpaired) electrons. The Labute approximate surface area is 174 Å². The van der Waals surface area contributed by atoms with E-state index in [0.717, 1.165) is 17.7 Å². The van der Waals surface area contributed by atoms with Crippen LogP contribution in [0.25, 0.3) is 0 Å². The molecule has 2 aromatic carbocycles. The lowest BCUT2D eigenvalue weighted by atomic mass is 10.1. The van der Waals surface area contributed by atoms with E-state index in [2.05, 4.69) is 17.5 Å². The first-order valence-electron chi connectivity index (χ1n) is 10.5. The summed E-state index contributed by atoms with van der Waals surface area (Å²) in [6.45, 7) is 5.41. The van der Waals surface area contributed by atoms with E-state index in [-0.39, 0.29) is 5.91 Å². The van der Waals surface area contributed by atoms with E-state index in [1.165, 1.54) is 32.1 Å². The quantitative estimate of drug-likeness (QED) is 0.273. The largest absolute Gasteiger partial charge is 0.490 e. The second-order valence-electron chi connectivity index (χ2n) is 6.82. The first-order valence-corrected chi connectivity index (χ1v) is 10.5. The van der Waals surface area contributed by atoms with E-state index in [0.29, 0.717) is 24.5 Å². The Hall–Kier alpha value is -2.82. The highest BCUT2D eigenvalue weighted by atomic mass is 16.5. The number of nitrogens with zero attached hydrogens (tertiary/aromatic N) is 1. The summed E-state index contributed by atoms with van der Waals surface area (Å²) in [7, 11) is 0. The van der Waals surface area contributed by atoms with E-state index >= 15 is 0 Å². The first kappa shape index (κ1) is 22.5. The molecule has 0 aliphatic rings. The van der Waals surface area contributed by atoms with Crippen LogP contribution >= 0.6 is 0 Å². The van der Waals surface area contributed by atoms with Crippen molar-refractivity contribution in [3.05, 3.63) is 59.7 Å². The van der Waals surface area contributed by atoms with Gasteiger partial charge in [-0.3, -0.25) is 4.79 Å². The van der Waals surface area contributed by atoms with Crippen molar-refractivity contribution in [3.8, 4) is 11.5 Å². The SMILES string of the molecule is CCCCCCCCOc1ccc(/C=N/NC(=O)c2ccccc2)cc1OCC. The Morgan fingerprint density at radius 3 is 2.45 bits per heavy atom. The number of hydrazone groups is 1. The molecule has 0 heterocycles. The summed E-state index contributed by atoms with van der Waals surface area (Å²) in [5.74, 6) is 1.19. The van der Waals surface area contributed by atoms with Crippen LogP contribution in [0, 0.1) is 0 Å². The van der Waals surface area contributed by atoms with Crippen LogP contribution in [0.5, 0.6) is 11.5 Å². The molecule has 0 saturated carbocycles. The van der Waals surface area contributed by atoms with E-state index in [9.17, 15) is 4.79 Å². The Morgan fingerprint density at radius 2 is 1.69 bits per heavy atom. The molecule has 0 spiro atoms. The van der Waals surface area contributed by atoms with Crippen molar-refractivity contribution in [2.45, 2.75) is 52.4 Å². The van der Waals surface area contributed by atoms with Gasteiger partial charge in [0.2, 0.25) is 0 Å². The number of carbonyl (C=O) groups excluding carboxylic acids is 1. The lowest BCUT2D eigenvalue weighted by Gasteiger charge is -2.12. The van der Waals surface area contributed by atoms with Crippen molar-refractivity contribution in [3.63, 3.8) is 0 Å². The lowest BCUT2D eigenvalue weighted by molar-refractivity contribution is 0.0955. The van der Waals surface area contributed by atoms with Crippen LogP contribution in [-0.2, 0) is 0 Å². The maximum atomic E-state index is 12.0. The topological polar surface area (TPSA) is 59.9 Å². The molecule has 5 nitrogen and oxygen atoms in total. The zero-order chi connectivity index (χ0) is 20.7. The van der Waals surface area contributed by atoms with Gasteiger partial charge in [-0.25, -0.2) is 5.43 Å². The second kappa shape index (κ2) is 13.4. The van der Waals surface area contributed by atoms with Gasteiger partial charge in [-0.15, -0.1) is 0 Å². The predicted octanol–water partition coefficient (Wildman–Crippen LogP) is 5.59. The molecule has 0 bridgehead atoms. The molecule has 1 amide bonds. The van der Waals surface area contributed by atoms with E-state index < -0.39 is 0 Å². The molecule has 1 N–H and O–H groups in total. The predicted molar refractivity (Wildman–Crippen MR) is 118 cm³/mol. The summed E-state index contributed by atoms with van der Waals surface area (Å²) in [4.78, 5) is 12.0. The molecule has 0 aliphatic carbocycles. The van der Waals surface area contributed by atoms with Gasteiger partial charge in [-0.05, 0) is 49.2 Å². The minimum Gasteiger partial charge on any atom is -0.490 e. The van der Waals surface area contributed by atoms with E-state index in [1.54, 1.807) is 18.3 Å². The zero-order valence-corrected chi connectivity index (χ0v) is 17.5. The summed E-state index contributed by atoms with van der Waals surface area (Å²) in [5.41, 5.74) is 3.93. The van der Waals surface area contributed by atoms with Crippen molar-refractivity contribution >= 4 is 12.1 Å². The fourth-order valence-corrected chi connectivity index (χ4v) is 2.88. The minimum atomic E-state index is -0.245. The summed E-state index contributed by atoms with van der Waals surface area (Å²) in [6.07, 6.45) is 8.97. The van der Waals surface area contributed by atoms with Crippen LogP contribution in [0.15, 0.2) is 53.6 Å². The highest BCUT2D eigenvalue weighted by Crippen LogP contribution is 2.28. The van der Waals surface area contributed by atoms with Crippen LogP contribution in [0.1, 0.15) is 68.3 Å². The van der Waals surface area contributed by atoms with Crippen LogP contribution in [0.4, 0.5) is 0 Å². The molecule has 156 valence electrons. The summed E-state index contributed by atoms with van der Waals surface area (Å²) in [5, 5.41) is 4.04. The van der Waals surface area contributed by atoms with Gasteiger partial charge in [0.1, 0.15) is 0 Å². The van der Waals surface area contributed by atoms with E-state index in [1.807, 2.05) is 43.3 Å². The number of ether oxygens (including phenoxy) is 2. The molecule has 2 aromatic rings. The van der Waals surface area contributed by atoms with Crippen LogP contribution in [-0.4, -0.2) is 25.3 Å². The molecule has 0 atom stereocenters. The molecule has 0 unspecified atom stereocenters. The van der Waals surface area contributed by atoms with Crippen molar-refractivity contribution in [2.24, 2.45) is 5.10 Å². The fraction of sp³-hybridized carbons (Fsp3) is 0.417. The minimum absolute atomic E-state index is 0.245. The number of hydrogen-bond donors (Lipinski definition) is 1. The number of unbranched alkanes of at least 4 members (excludes halogenated alkanes) is 5. The number of hydrogen-bond acceptors (Lipinski definition) is 4. The molecule has 0 saturated heterocycles. The van der Waals surface area contributed by atoms with Gasteiger partial charge < -0.3 is 9.47 Å². The van der Waals surface area contributed by atoms with E-state index in [4.69, 9.17) is 9.47 Å². The third-order valence-corrected chi connectivity index (χ3v) is 4.44. The standard InChI is InChI=1S/C24H32N2O3/c1-3-5-6-7-8-12-17-29-22-16-15-20(18-23(22)28-4-2)19-25-26-24(27)21-13-10-9-11-14-21/h9-11,13-16,18-19H,3-8,12,17H2,1-2H3,(H,26,27)/b25-19+. The number of carbonyl (C=O) groups is 1. The number of rotatable bonds is 13. The van der Waals surface area contributed by atoms with Gasteiger partial charge in [0, 0.05) is 5.56 Å². The molecule has 5 heteroatoms. The van der Waals surface area contributed by atoms with Gasteiger partial charge in [0.25, 0.3) is 5.91 Å². The van der Waals surface area contributed by atoms with Crippen LogP contribution in [0.2, 0.25) is 0 Å². The number of amides is 1. The Morgan fingerprint density at radius 1 is 0.931 bits per heavy atom. The Balaban J connectivity index is 1.86. The Kier molecular flexibility index (Phi) is 10.4. The normalized spacial score (nSPS) is 10.8. The van der Waals surface area contributed by atoms with Crippen LogP contribution in [0.3, 0.4) is 0 Å². The molecule has 0 fully saturated rings. The highest BCUT2D eigenvalue weighted by Gasteiger charge is 2.06. The maximum absolute atomic E-state index is 12.0. The van der Waals surface area contributed by atoms with Crippen LogP contribution < -0.4 is 14.9 Å². The smallest absolute Gasteiger partial charge is 0.271 e. The van der Waals surface area contributed by atoms with Gasteiger partial charge in [0.15, 0.2) is 11.5 Å². The molecule has 29 heavy (non-hydrogen) atoms. The summed E-state index contributed by atoms with van der Waals surface area (Å²) >= 11 is 0. The molecular formula is C24H32N2O3. The van der Waals surface area contributed by atoms with Gasteiger partial charge in [0.05, 0.1) is 19.4 Å². The van der Waals surface area contributed by atoms with Gasteiger partial charge in [-0.1, -0.05) is 57.2 Å². The first-order chi connectivity index (χ1) is 14.2.